The average Bonchev–Trinajstić information content (AvgIpc) is 2.81. The Labute approximate surface area is 225 Å². The van der Waals surface area contributed by atoms with E-state index in [2.05, 4.69) is 20.6 Å². The Bertz CT molecular complexity index is 1120. The lowest BCUT2D eigenvalue weighted by Crippen LogP contribution is -2.53. The molecule has 3 N–H and O–H groups in total. The van der Waals surface area contributed by atoms with Crippen LogP contribution >= 0.6 is 11.6 Å². The standard InChI is InChI=1S/C24H32ClN5O.C2HF3O2/c1-16-15-26-23(29-21(16)30(2)3)28-20-11-9-19(10-12-20)27-22(31)24(13-4-14-24)17-5-7-18(25)8-6-17;3-2(4,5)1(6)7/h5-8,15,19-20H,4,9-14H2,1-3H3,(H,27,31)(H,26,28,29);(H,6,7). The van der Waals surface area contributed by atoms with Crippen LogP contribution in [0.5, 0.6) is 0 Å². The Morgan fingerprint density at radius 1 is 1.08 bits per heavy atom. The van der Waals surface area contributed by atoms with E-state index < -0.39 is 12.1 Å². The fourth-order valence-electron chi connectivity index (χ4n) is 4.79. The van der Waals surface area contributed by atoms with Gasteiger partial charge in [0.05, 0.1) is 5.41 Å². The third kappa shape index (κ3) is 7.27. The van der Waals surface area contributed by atoms with Gasteiger partial charge >= 0.3 is 12.1 Å². The van der Waals surface area contributed by atoms with E-state index in [0.29, 0.717) is 17.0 Å². The predicted molar refractivity (Wildman–Crippen MR) is 140 cm³/mol. The molecule has 1 aromatic heterocycles. The van der Waals surface area contributed by atoms with Gasteiger partial charge in [0.25, 0.3) is 0 Å². The number of aryl methyl sites for hydroxylation is 1. The summed E-state index contributed by atoms with van der Waals surface area (Å²) in [6.45, 7) is 2.02. The Balaban J connectivity index is 0.000000505. The minimum atomic E-state index is -5.08. The summed E-state index contributed by atoms with van der Waals surface area (Å²) in [4.78, 5) is 33.2. The van der Waals surface area contributed by atoms with Crippen molar-refractivity contribution in [1.29, 1.82) is 0 Å². The predicted octanol–water partition coefficient (Wildman–Crippen LogP) is 5.10. The molecule has 0 unspecified atom stereocenters. The van der Waals surface area contributed by atoms with Crippen LogP contribution in [-0.4, -0.2) is 59.3 Å². The van der Waals surface area contributed by atoms with E-state index >= 15 is 0 Å². The molecule has 0 radical (unpaired) electrons. The van der Waals surface area contributed by atoms with Crippen LogP contribution in [0.15, 0.2) is 30.5 Å². The lowest BCUT2D eigenvalue weighted by molar-refractivity contribution is -0.192. The Morgan fingerprint density at radius 2 is 1.63 bits per heavy atom. The zero-order valence-corrected chi connectivity index (χ0v) is 22.4. The van der Waals surface area contributed by atoms with E-state index in [1.54, 1.807) is 0 Å². The smallest absolute Gasteiger partial charge is 0.475 e. The molecule has 1 amide bonds. The molecule has 0 saturated heterocycles. The summed E-state index contributed by atoms with van der Waals surface area (Å²) >= 11 is 6.04. The van der Waals surface area contributed by atoms with Crippen molar-refractivity contribution in [3.8, 4) is 0 Å². The number of benzene rings is 1. The van der Waals surface area contributed by atoms with Crippen molar-refractivity contribution < 1.29 is 27.9 Å². The Morgan fingerprint density at radius 3 is 2.11 bits per heavy atom. The monoisotopic (exact) mass is 555 g/mol. The molecule has 0 bridgehead atoms. The molecule has 1 heterocycles. The molecule has 0 atom stereocenters. The Hall–Kier alpha value is -3.08. The van der Waals surface area contributed by atoms with E-state index in [0.717, 1.165) is 61.9 Å². The van der Waals surface area contributed by atoms with Gasteiger partial charge in [0, 0.05) is 43.0 Å². The van der Waals surface area contributed by atoms with Gasteiger partial charge < -0.3 is 20.6 Å². The van der Waals surface area contributed by atoms with Crippen LogP contribution in [0.4, 0.5) is 24.9 Å². The summed E-state index contributed by atoms with van der Waals surface area (Å²) in [6.07, 6.45) is 3.62. The lowest BCUT2D eigenvalue weighted by Gasteiger charge is -2.42. The molecule has 2 fully saturated rings. The van der Waals surface area contributed by atoms with Crippen LogP contribution in [0.25, 0.3) is 0 Å². The maximum atomic E-state index is 13.2. The van der Waals surface area contributed by atoms with Gasteiger partial charge in [-0.2, -0.15) is 18.2 Å². The Kier molecular flexibility index (Phi) is 9.45. The zero-order chi connectivity index (χ0) is 28.1. The number of nitrogens with zero attached hydrogens (tertiary/aromatic N) is 3. The van der Waals surface area contributed by atoms with Crippen LogP contribution in [0.3, 0.4) is 0 Å². The second-order valence-electron chi connectivity index (χ2n) is 10.0. The molecule has 12 heteroatoms. The number of anilines is 2. The second kappa shape index (κ2) is 12.2. The van der Waals surface area contributed by atoms with Crippen LogP contribution in [0.1, 0.15) is 56.1 Å². The molecule has 2 aromatic rings. The SMILES string of the molecule is Cc1cnc(NC2CCC(NC(=O)C3(c4ccc(Cl)cc4)CCC3)CC2)nc1N(C)C.O=C(O)C(F)(F)F. The number of hydrogen-bond donors (Lipinski definition) is 3. The lowest BCUT2D eigenvalue weighted by atomic mass is 9.63. The zero-order valence-electron chi connectivity index (χ0n) is 21.6. The van der Waals surface area contributed by atoms with Gasteiger partial charge in [-0.25, -0.2) is 9.78 Å². The van der Waals surface area contributed by atoms with E-state index in [1.165, 1.54) is 0 Å². The fraction of sp³-hybridized carbons (Fsp3) is 0.538. The van der Waals surface area contributed by atoms with Gasteiger partial charge in [-0.05, 0) is 63.1 Å². The summed E-state index contributed by atoms with van der Waals surface area (Å²) in [5.41, 5.74) is 1.77. The molecule has 2 aliphatic rings. The number of carboxylic acids is 1. The van der Waals surface area contributed by atoms with E-state index in [9.17, 15) is 18.0 Å². The number of rotatable bonds is 6. The van der Waals surface area contributed by atoms with Crippen LogP contribution in [0.2, 0.25) is 5.02 Å². The van der Waals surface area contributed by atoms with Gasteiger partial charge in [0.2, 0.25) is 11.9 Å². The highest BCUT2D eigenvalue weighted by atomic mass is 35.5. The maximum absolute atomic E-state index is 13.2. The summed E-state index contributed by atoms with van der Waals surface area (Å²) in [7, 11) is 3.98. The van der Waals surface area contributed by atoms with Crippen molar-refractivity contribution in [2.45, 2.75) is 75.5 Å². The molecule has 0 spiro atoms. The van der Waals surface area contributed by atoms with E-state index in [4.69, 9.17) is 21.5 Å². The molecule has 2 aliphatic carbocycles. The first-order valence-corrected chi connectivity index (χ1v) is 12.8. The number of alkyl halides is 3. The number of carboxylic acid groups (broad SMARTS) is 1. The van der Waals surface area contributed by atoms with Gasteiger partial charge in [-0.1, -0.05) is 30.2 Å². The maximum Gasteiger partial charge on any atom is 0.490 e. The average molecular weight is 556 g/mol. The molecule has 38 heavy (non-hydrogen) atoms. The topological polar surface area (TPSA) is 107 Å². The van der Waals surface area contributed by atoms with Crippen molar-refractivity contribution in [3.63, 3.8) is 0 Å². The number of nitrogens with one attached hydrogen (secondary N) is 2. The number of halogens is 4. The number of aromatic nitrogens is 2. The van der Waals surface area contributed by atoms with E-state index in [-0.39, 0.29) is 17.4 Å². The quantitative estimate of drug-likeness (QED) is 0.455. The van der Waals surface area contributed by atoms with Gasteiger partial charge in [-0.15, -0.1) is 0 Å². The van der Waals surface area contributed by atoms with Crippen LogP contribution in [0, 0.1) is 6.92 Å². The minimum absolute atomic E-state index is 0.176. The highest BCUT2D eigenvalue weighted by molar-refractivity contribution is 6.30. The van der Waals surface area contributed by atoms with Crippen LogP contribution < -0.4 is 15.5 Å². The summed E-state index contributed by atoms with van der Waals surface area (Å²) in [5.74, 6) is -0.966. The summed E-state index contributed by atoms with van der Waals surface area (Å²) in [6, 6.07) is 8.34. The van der Waals surface area contributed by atoms with Crippen molar-refractivity contribution >= 4 is 35.2 Å². The minimum Gasteiger partial charge on any atom is -0.475 e. The van der Waals surface area contributed by atoms with Gasteiger partial charge in [0.1, 0.15) is 5.82 Å². The number of aliphatic carboxylic acids is 1. The number of amides is 1. The number of carbonyl (C=O) groups excluding carboxylic acids is 1. The molecule has 1 aromatic carbocycles. The first-order chi connectivity index (χ1) is 17.8. The first kappa shape index (κ1) is 29.5. The molecular formula is C26H33ClF3N5O3. The largest absolute Gasteiger partial charge is 0.490 e. The summed E-state index contributed by atoms with van der Waals surface area (Å²) < 4.78 is 31.7. The highest BCUT2D eigenvalue weighted by Gasteiger charge is 2.46. The molecule has 2 saturated carbocycles. The van der Waals surface area contributed by atoms with Crippen LogP contribution in [-0.2, 0) is 15.0 Å². The second-order valence-corrected chi connectivity index (χ2v) is 10.4. The molecule has 208 valence electrons. The van der Waals surface area contributed by atoms with Gasteiger partial charge in [0.15, 0.2) is 0 Å². The first-order valence-electron chi connectivity index (χ1n) is 12.5. The fourth-order valence-corrected chi connectivity index (χ4v) is 4.92. The third-order valence-electron chi connectivity index (χ3n) is 7.05. The molecule has 8 nitrogen and oxygen atoms in total. The van der Waals surface area contributed by atoms with Crippen molar-refractivity contribution in [3.05, 3.63) is 46.6 Å². The third-order valence-corrected chi connectivity index (χ3v) is 7.30. The van der Waals surface area contributed by atoms with E-state index in [1.807, 2.05) is 56.4 Å². The van der Waals surface area contributed by atoms with Gasteiger partial charge in [-0.3, -0.25) is 4.79 Å². The summed E-state index contributed by atoms with van der Waals surface area (Å²) in [5, 5.41) is 14.7. The van der Waals surface area contributed by atoms with Crippen molar-refractivity contribution in [2.24, 2.45) is 0 Å². The van der Waals surface area contributed by atoms with Crippen molar-refractivity contribution in [2.75, 3.05) is 24.3 Å². The van der Waals surface area contributed by atoms with Crippen molar-refractivity contribution in [1.82, 2.24) is 15.3 Å². The normalized spacial score (nSPS) is 20.3. The number of hydrogen-bond acceptors (Lipinski definition) is 6. The number of carbonyl (C=O) groups is 2. The molecule has 4 rings (SSSR count). The molecule has 0 aliphatic heterocycles. The molecular weight excluding hydrogens is 523 g/mol. The highest BCUT2D eigenvalue weighted by Crippen LogP contribution is 2.44.